The van der Waals surface area contributed by atoms with Gasteiger partial charge in [-0.15, -0.1) is 24.0 Å². The van der Waals surface area contributed by atoms with Crippen molar-refractivity contribution in [3.63, 3.8) is 0 Å². The summed E-state index contributed by atoms with van der Waals surface area (Å²) in [5, 5.41) is 10.6. The molecule has 2 aromatic rings. The quantitative estimate of drug-likeness (QED) is 0.414. The number of rotatable bonds is 5. The third-order valence-corrected chi connectivity index (χ3v) is 3.78. The number of aliphatic imine (C=N–C) groups is 1. The van der Waals surface area contributed by atoms with Crippen LogP contribution in [0.5, 0.6) is 0 Å². The Morgan fingerprint density at radius 3 is 2.70 bits per heavy atom. The lowest BCUT2D eigenvalue weighted by Gasteiger charge is -2.13. The molecule has 0 radical (unpaired) electrons. The number of oxazole rings is 1. The maximum atomic E-state index is 5.77. The molecule has 2 heterocycles. The van der Waals surface area contributed by atoms with Gasteiger partial charge in [-0.25, -0.2) is 9.98 Å². The smallest absolute Gasteiger partial charge is 0.213 e. The first-order valence-corrected chi connectivity index (χ1v) is 8.41. The Labute approximate surface area is 159 Å². The summed E-state index contributed by atoms with van der Waals surface area (Å²) >= 11 is 1.68. The Bertz CT molecular complexity index is 602. The van der Waals surface area contributed by atoms with Crippen molar-refractivity contribution >= 4 is 41.3 Å². The first kappa shape index (κ1) is 20.0. The number of nitrogens with one attached hydrogen (secondary N) is 2. The number of nitrogens with zero attached hydrogens (tertiary/aromatic N) is 2. The van der Waals surface area contributed by atoms with E-state index >= 15 is 0 Å². The highest BCUT2D eigenvalue weighted by atomic mass is 127. The number of hydrogen-bond acceptors (Lipinski definition) is 4. The molecule has 7 heteroatoms. The minimum atomic E-state index is -0.0250. The average molecular weight is 448 g/mol. The molecule has 23 heavy (non-hydrogen) atoms. The van der Waals surface area contributed by atoms with Gasteiger partial charge in [-0.1, -0.05) is 20.8 Å². The third-order valence-electron chi connectivity index (χ3n) is 3.04. The van der Waals surface area contributed by atoms with E-state index in [2.05, 4.69) is 58.2 Å². The van der Waals surface area contributed by atoms with Gasteiger partial charge in [0.2, 0.25) is 5.89 Å². The summed E-state index contributed by atoms with van der Waals surface area (Å²) in [5.41, 5.74) is 1.19. The van der Waals surface area contributed by atoms with Gasteiger partial charge < -0.3 is 15.1 Å². The van der Waals surface area contributed by atoms with Crippen LogP contribution in [0.3, 0.4) is 0 Å². The van der Waals surface area contributed by atoms with Gasteiger partial charge in [0, 0.05) is 12.0 Å². The summed E-state index contributed by atoms with van der Waals surface area (Å²) < 4.78 is 5.77. The molecule has 2 rings (SSSR count). The lowest BCUT2D eigenvalue weighted by Crippen LogP contribution is -2.36. The summed E-state index contributed by atoms with van der Waals surface area (Å²) in [6.07, 6.45) is 1.80. The molecule has 0 spiro atoms. The van der Waals surface area contributed by atoms with Crippen LogP contribution in [0.4, 0.5) is 0 Å². The van der Waals surface area contributed by atoms with Crippen LogP contribution >= 0.6 is 35.3 Å². The van der Waals surface area contributed by atoms with Crippen molar-refractivity contribution in [1.29, 1.82) is 0 Å². The molecule has 0 aliphatic heterocycles. The Kier molecular flexibility index (Phi) is 8.04. The minimum absolute atomic E-state index is 0. The second kappa shape index (κ2) is 9.27. The van der Waals surface area contributed by atoms with Gasteiger partial charge in [-0.3, -0.25) is 0 Å². The topological polar surface area (TPSA) is 62.5 Å². The zero-order chi connectivity index (χ0) is 16.0. The van der Waals surface area contributed by atoms with Crippen molar-refractivity contribution in [3.05, 3.63) is 40.2 Å². The Balaban J connectivity index is 0.00000264. The maximum Gasteiger partial charge on any atom is 0.213 e. The highest BCUT2D eigenvalue weighted by Gasteiger charge is 2.19. The molecule has 0 saturated heterocycles. The van der Waals surface area contributed by atoms with Crippen LogP contribution in [0, 0.1) is 0 Å². The largest absolute Gasteiger partial charge is 0.443 e. The second-order valence-electron chi connectivity index (χ2n) is 6.05. The third kappa shape index (κ3) is 6.50. The van der Waals surface area contributed by atoms with Gasteiger partial charge >= 0.3 is 0 Å². The summed E-state index contributed by atoms with van der Waals surface area (Å²) in [6, 6.07) is 2.08. The van der Waals surface area contributed by atoms with Gasteiger partial charge in [0.1, 0.15) is 5.76 Å². The van der Waals surface area contributed by atoms with E-state index < -0.39 is 0 Å². The molecule has 0 atom stereocenters. The van der Waals surface area contributed by atoms with Gasteiger partial charge in [-0.05, 0) is 29.3 Å². The molecule has 0 fully saturated rings. The first-order valence-electron chi connectivity index (χ1n) is 7.47. The molecule has 2 N–H and O–H groups in total. The summed E-state index contributed by atoms with van der Waals surface area (Å²) in [6.45, 7) is 10.4. The van der Waals surface area contributed by atoms with Crippen LogP contribution in [0.2, 0.25) is 0 Å². The maximum absolute atomic E-state index is 5.77. The second-order valence-corrected chi connectivity index (χ2v) is 6.83. The van der Waals surface area contributed by atoms with E-state index in [1.165, 1.54) is 5.56 Å². The number of hydrogen-bond donors (Lipinski definition) is 2. The van der Waals surface area contributed by atoms with Crippen molar-refractivity contribution in [2.45, 2.75) is 46.2 Å². The zero-order valence-electron chi connectivity index (χ0n) is 14.0. The van der Waals surface area contributed by atoms with Gasteiger partial charge in [0.05, 0.1) is 19.3 Å². The summed E-state index contributed by atoms with van der Waals surface area (Å²) in [5.74, 6) is 2.33. The fourth-order valence-corrected chi connectivity index (χ4v) is 2.45. The van der Waals surface area contributed by atoms with Crippen LogP contribution in [-0.4, -0.2) is 17.5 Å². The number of aromatic nitrogens is 1. The lowest BCUT2D eigenvalue weighted by molar-refractivity contribution is 0.379. The fourth-order valence-electron chi connectivity index (χ4n) is 1.79. The normalized spacial score (nSPS) is 11.9. The number of guanidine groups is 1. The van der Waals surface area contributed by atoms with Crippen LogP contribution in [0.15, 0.2) is 32.4 Å². The van der Waals surface area contributed by atoms with Crippen LogP contribution in [-0.2, 0) is 18.5 Å². The van der Waals surface area contributed by atoms with Crippen LogP contribution in [0.1, 0.15) is 44.9 Å². The van der Waals surface area contributed by atoms with E-state index in [0.717, 1.165) is 18.3 Å². The van der Waals surface area contributed by atoms with Crippen molar-refractivity contribution in [1.82, 2.24) is 15.6 Å². The molecule has 0 aliphatic carbocycles. The lowest BCUT2D eigenvalue weighted by atomic mass is 9.94. The molecule has 0 amide bonds. The minimum Gasteiger partial charge on any atom is -0.443 e. The highest BCUT2D eigenvalue weighted by molar-refractivity contribution is 14.0. The van der Waals surface area contributed by atoms with E-state index in [0.29, 0.717) is 19.0 Å². The predicted molar refractivity (Wildman–Crippen MR) is 107 cm³/mol. The van der Waals surface area contributed by atoms with E-state index in [1.807, 2.05) is 6.92 Å². The van der Waals surface area contributed by atoms with E-state index in [4.69, 9.17) is 4.42 Å². The van der Waals surface area contributed by atoms with E-state index in [1.54, 1.807) is 17.5 Å². The fraction of sp³-hybridized carbons (Fsp3) is 0.500. The summed E-state index contributed by atoms with van der Waals surface area (Å²) in [4.78, 5) is 8.87. The molecule has 0 bridgehead atoms. The molecular formula is C16H25IN4OS. The molecule has 2 aromatic heterocycles. The van der Waals surface area contributed by atoms with Crippen molar-refractivity contribution in [2.24, 2.45) is 4.99 Å². The summed E-state index contributed by atoms with van der Waals surface area (Å²) in [7, 11) is 0. The van der Waals surface area contributed by atoms with Gasteiger partial charge in [0.25, 0.3) is 0 Å². The molecule has 0 unspecified atom stereocenters. The standard InChI is InChI=1S/C16H24N4OS.HI/c1-5-17-15(19-8-12-6-7-22-11-12)20-10-14-18-9-13(21-14)16(2,3)4;/h6-7,9,11H,5,8,10H2,1-4H3,(H2,17,19,20);1H. The monoisotopic (exact) mass is 448 g/mol. The van der Waals surface area contributed by atoms with Gasteiger partial charge in [-0.2, -0.15) is 11.3 Å². The predicted octanol–water partition coefficient (Wildman–Crippen LogP) is 3.91. The molecule has 0 aromatic carbocycles. The van der Waals surface area contributed by atoms with E-state index in [9.17, 15) is 0 Å². The Morgan fingerprint density at radius 2 is 2.13 bits per heavy atom. The van der Waals surface area contributed by atoms with Crippen molar-refractivity contribution in [2.75, 3.05) is 6.54 Å². The van der Waals surface area contributed by atoms with Crippen LogP contribution < -0.4 is 10.6 Å². The van der Waals surface area contributed by atoms with Crippen LogP contribution in [0.25, 0.3) is 0 Å². The Morgan fingerprint density at radius 1 is 1.35 bits per heavy atom. The highest BCUT2D eigenvalue weighted by Crippen LogP contribution is 2.22. The first-order chi connectivity index (χ1) is 10.5. The SMILES string of the molecule is CCNC(=NCc1ccsc1)NCc1ncc(C(C)(C)C)o1.I. The zero-order valence-corrected chi connectivity index (χ0v) is 17.2. The van der Waals surface area contributed by atoms with E-state index in [-0.39, 0.29) is 29.4 Å². The number of thiophene rings is 1. The van der Waals surface area contributed by atoms with Gasteiger partial charge in [0.15, 0.2) is 5.96 Å². The molecule has 0 saturated carbocycles. The number of halogens is 1. The average Bonchev–Trinajstić information content (AvgIpc) is 3.12. The molecule has 128 valence electrons. The molecule has 5 nitrogen and oxygen atoms in total. The molecular weight excluding hydrogens is 423 g/mol. The molecule has 0 aliphatic rings. The van der Waals surface area contributed by atoms with Crippen molar-refractivity contribution in [3.8, 4) is 0 Å². The van der Waals surface area contributed by atoms with Crippen molar-refractivity contribution < 1.29 is 4.42 Å². The Hall–Kier alpha value is -1.09.